The van der Waals surface area contributed by atoms with E-state index in [1.807, 2.05) is 6.92 Å². The maximum absolute atomic E-state index is 12.5. The second-order valence-electron chi connectivity index (χ2n) is 4.68. The summed E-state index contributed by atoms with van der Waals surface area (Å²) in [6, 6.07) is 3.67. The molecule has 106 valence electrons. The van der Waals surface area contributed by atoms with Crippen LogP contribution in [0.4, 0.5) is 18.9 Å². The minimum atomic E-state index is -4.32. The van der Waals surface area contributed by atoms with Gasteiger partial charge in [0, 0.05) is 22.8 Å². The first-order valence-electron chi connectivity index (χ1n) is 6.13. The molecule has 0 saturated carbocycles. The van der Waals surface area contributed by atoms with E-state index in [9.17, 15) is 13.2 Å². The molecule has 6 heteroatoms. The lowest BCUT2D eigenvalue weighted by atomic mass is 10.1. The van der Waals surface area contributed by atoms with Crippen molar-refractivity contribution in [2.75, 3.05) is 11.9 Å². The van der Waals surface area contributed by atoms with Crippen molar-refractivity contribution < 1.29 is 17.9 Å². The van der Waals surface area contributed by atoms with Gasteiger partial charge < -0.3 is 10.1 Å². The Kier molecular flexibility index (Phi) is 4.40. The third kappa shape index (κ3) is 3.63. The molecule has 0 radical (unpaired) electrons. The van der Waals surface area contributed by atoms with Crippen LogP contribution in [-0.4, -0.2) is 18.8 Å². The van der Waals surface area contributed by atoms with Gasteiger partial charge in [-0.1, -0.05) is 0 Å². The molecular formula is C13H15BrF3NO. The van der Waals surface area contributed by atoms with E-state index in [1.165, 1.54) is 6.07 Å². The third-order valence-corrected chi connectivity index (χ3v) is 3.86. The zero-order valence-electron chi connectivity index (χ0n) is 10.4. The maximum Gasteiger partial charge on any atom is 0.416 e. The quantitative estimate of drug-likeness (QED) is 0.879. The minimum Gasteiger partial charge on any atom is -0.379 e. The van der Waals surface area contributed by atoms with Crippen molar-refractivity contribution in [2.24, 2.45) is 0 Å². The Balaban J connectivity index is 2.08. The zero-order chi connectivity index (χ0) is 14.0. The fraction of sp³-hybridized carbons (Fsp3) is 0.538. The molecule has 1 aromatic rings. The number of hydrogen-bond donors (Lipinski definition) is 1. The van der Waals surface area contributed by atoms with Crippen LogP contribution in [0.2, 0.25) is 0 Å². The van der Waals surface area contributed by atoms with E-state index < -0.39 is 11.7 Å². The van der Waals surface area contributed by atoms with Crippen molar-refractivity contribution in [1.29, 1.82) is 0 Å². The van der Waals surface area contributed by atoms with Crippen molar-refractivity contribution in [1.82, 2.24) is 0 Å². The predicted octanol–water partition coefficient (Wildman–Crippen LogP) is 4.45. The van der Waals surface area contributed by atoms with Crippen LogP contribution in [0, 0.1) is 0 Å². The SMILES string of the molecule is CC(Nc1ccc(C(F)(F)F)cc1Br)C1CCCO1. The fourth-order valence-corrected chi connectivity index (χ4v) is 2.64. The summed E-state index contributed by atoms with van der Waals surface area (Å²) in [5.41, 5.74) is -0.00862. The first-order valence-corrected chi connectivity index (χ1v) is 6.92. The van der Waals surface area contributed by atoms with Gasteiger partial charge in [0.05, 0.1) is 11.7 Å². The topological polar surface area (TPSA) is 21.3 Å². The van der Waals surface area contributed by atoms with Crippen molar-refractivity contribution in [2.45, 2.75) is 38.1 Å². The lowest BCUT2D eigenvalue weighted by Crippen LogP contribution is -2.30. The van der Waals surface area contributed by atoms with Gasteiger partial charge in [-0.3, -0.25) is 0 Å². The first-order chi connectivity index (χ1) is 8.88. The molecule has 1 N–H and O–H groups in total. The van der Waals surface area contributed by atoms with Crippen LogP contribution >= 0.6 is 15.9 Å². The number of alkyl halides is 3. The van der Waals surface area contributed by atoms with Crippen molar-refractivity contribution >= 4 is 21.6 Å². The molecule has 0 amide bonds. The smallest absolute Gasteiger partial charge is 0.379 e. The van der Waals surface area contributed by atoms with E-state index in [-0.39, 0.29) is 12.1 Å². The lowest BCUT2D eigenvalue weighted by molar-refractivity contribution is -0.137. The molecule has 1 saturated heterocycles. The molecule has 2 rings (SSSR count). The van der Waals surface area contributed by atoms with Gasteiger partial charge in [0.25, 0.3) is 0 Å². The molecule has 2 unspecified atom stereocenters. The standard InChI is InChI=1S/C13H15BrF3NO/c1-8(12-3-2-6-19-12)18-11-5-4-9(7-10(11)14)13(15,16)17/h4-5,7-8,12,18H,2-3,6H2,1H3. The molecule has 19 heavy (non-hydrogen) atoms. The summed E-state index contributed by atoms with van der Waals surface area (Å²) in [6.45, 7) is 2.73. The Hall–Kier alpha value is -0.750. The highest BCUT2D eigenvalue weighted by Crippen LogP contribution is 2.34. The van der Waals surface area contributed by atoms with Gasteiger partial charge in [-0.25, -0.2) is 0 Å². The molecule has 2 atom stereocenters. The van der Waals surface area contributed by atoms with Crippen molar-refractivity contribution in [3.05, 3.63) is 28.2 Å². The molecular weight excluding hydrogens is 323 g/mol. The number of ether oxygens (including phenoxy) is 1. The molecule has 1 aromatic carbocycles. The van der Waals surface area contributed by atoms with Gasteiger partial charge in [0.1, 0.15) is 0 Å². The second kappa shape index (κ2) is 5.71. The molecule has 2 nitrogen and oxygen atoms in total. The van der Waals surface area contributed by atoms with Gasteiger partial charge in [-0.15, -0.1) is 0 Å². The van der Waals surface area contributed by atoms with Gasteiger partial charge in [0.15, 0.2) is 0 Å². The fourth-order valence-electron chi connectivity index (χ4n) is 2.14. The maximum atomic E-state index is 12.5. The number of hydrogen-bond acceptors (Lipinski definition) is 2. The van der Waals surface area contributed by atoms with E-state index in [4.69, 9.17) is 4.74 Å². The molecule has 1 heterocycles. The van der Waals surface area contributed by atoms with Gasteiger partial charge in [-0.2, -0.15) is 13.2 Å². The summed E-state index contributed by atoms with van der Waals surface area (Å²) >= 11 is 3.17. The second-order valence-corrected chi connectivity index (χ2v) is 5.53. The summed E-state index contributed by atoms with van der Waals surface area (Å²) in [6.07, 6.45) is -2.19. The summed E-state index contributed by atoms with van der Waals surface area (Å²) in [5, 5.41) is 3.19. The lowest BCUT2D eigenvalue weighted by Gasteiger charge is -2.22. The normalized spacial score (nSPS) is 21.4. The van der Waals surface area contributed by atoms with Crippen LogP contribution in [0.15, 0.2) is 22.7 Å². The number of benzene rings is 1. The zero-order valence-corrected chi connectivity index (χ0v) is 12.0. The van der Waals surface area contributed by atoms with Crippen molar-refractivity contribution in [3.8, 4) is 0 Å². The van der Waals surface area contributed by atoms with Crippen LogP contribution < -0.4 is 5.32 Å². The number of anilines is 1. The Morgan fingerprint density at radius 2 is 2.16 bits per heavy atom. The largest absolute Gasteiger partial charge is 0.416 e. The third-order valence-electron chi connectivity index (χ3n) is 3.20. The molecule has 0 bridgehead atoms. The molecule has 1 aliphatic rings. The van der Waals surface area contributed by atoms with Crippen molar-refractivity contribution in [3.63, 3.8) is 0 Å². The number of rotatable bonds is 3. The molecule has 0 aliphatic carbocycles. The van der Waals surface area contributed by atoms with Gasteiger partial charge in [-0.05, 0) is 53.9 Å². The first kappa shape index (κ1) is 14.7. The predicted molar refractivity (Wildman–Crippen MR) is 71.2 cm³/mol. The highest BCUT2D eigenvalue weighted by molar-refractivity contribution is 9.10. The summed E-state index contributed by atoms with van der Waals surface area (Å²) < 4.78 is 43.6. The van der Waals surface area contributed by atoms with Gasteiger partial charge in [0.2, 0.25) is 0 Å². The minimum absolute atomic E-state index is 0.0653. The molecule has 0 spiro atoms. The number of halogens is 4. The molecule has 0 aromatic heterocycles. The van der Waals surface area contributed by atoms with Crippen LogP contribution in [0.25, 0.3) is 0 Å². The molecule has 1 aliphatic heterocycles. The van der Waals surface area contributed by atoms with Crippen LogP contribution in [0.5, 0.6) is 0 Å². The van der Waals surface area contributed by atoms with E-state index in [2.05, 4.69) is 21.2 Å². The average Bonchev–Trinajstić information content (AvgIpc) is 2.84. The molecule has 1 fully saturated rings. The van der Waals surface area contributed by atoms with Gasteiger partial charge >= 0.3 is 6.18 Å². The monoisotopic (exact) mass is 337 g/mol. The highest BCUT2D eigenvalue weighted by atomic mass is 79.9. The van der Waals surface area contributed by atoms with E-state index in [1.54, 1.807) is 0 Å². The Labute approximate surface area is 118 Å². The van der Waals surface area contributed by atoms with E-state index >= 15 is 0 Å². The Morgan fingerprint density at radius 3 is 2.68 bits per heavy atom. The van der Waals surface area contributed by atoms with Crippen LogP contribution in [0.3, 0.4) is 0 Å². The average molecular weight is 338 g/mol. The van der Waals surface area contributed by atoms with Crippen LogP contribution in [0.1, 0.15) is 25.3 Å². The van der Waals surface area contributed by atoms with Crippen LogP contribution in [-0.2, 0) is 10.9 Å². The number of nitrogens with one attached hydrogen (secondary N) is 1. The summed E-state index contributed by atoms with van der Waals surface area (Å²) in [4.78, 5) is 0. The van der Waals surface area contributed by atoms with E-state index in [0.717, 1.165) is 31.6 Å². The summed E-state index contributed by atoms with van der Waals surface area (Å²) in [5.74, 6) is 0. The Bertz CT molecular complexity index is 444. The summed E-state index contributed by atoms with van der Waals surface area (Å²) in [7, 11) is 0. The Morgan fingerprint density at radius 1 is 1.42 bits per heavy atom. The highest BCUT2D eigenvalue weighted by Gasteiger charge is 2.31. The van der Waals surface area contributed by atoms with E-state index in [0.29, 0.717) is 10.2 Å².